The second kappa shape index (κ2) is 5.92. The van der Waals surface area contributed by atoms with Crippen molar-refractivity contribution in [1.82, 2.24) is 0 Å². The standard InChI is InChI=1S/C15H17FN2O4/c16-13-8-17(6-5-14(13)20)10-1-3-11(4-2-10)18-7-12(9-19)22-15(18)21/h1-4,12-13,19H,5-9H2/t12?,13-/m1/s1. The number of hydrogen-bond donors (Lipinski definition) is 1. The van der Waals surface area contributed by atoms with Crippen molar-refractivity contribution >= 4 is 23.3 Å². The molecule has 2 saturated heterocycles. The number of nitrogens with zero attached hydrogens (tertiary/aromatic N) is 2. The van der Waals surface area contributed by atoms with E-state index < -0.39 is 18.4 Å². The van der Waals surface area contributed by atoms with Gasteiger partial charge in [-0.2, -0.15) is 0 Å². The monoisotopic (exact) mass is 308 g/mol. The Morgan fingerprint density at radius 2 is 1.86 bits per heavy atom. The lowest BCUT2D eigenvalue weighted by Gasteiger charge is -2.30. The van der Waals surface area contributed by atoms with Gasteiger partial charge in [-0.3, -0.25) is 9.69 Å². The van der Waals surface area contributed by atoms with E-state index in [0.29, 0.717) is 18.8 Å². The number of ether oxygens (including phenoxy) is 1. The molecule has 1 N–H and O–H groups in total. The van der Waals surface area contributed by atoms with Crippen LogP contribution in [0.2, 0.25) is 0 Å². The molecule has 1 aromatic rings. The molecule has 0 spiro atoms. The maximum Gasteiger partial charge on any atom is 0.414 e. The zero-order valence-corrected chi connectivity index (χ0v) is 11.9. The average molecular weight is 308 g/mol. The van der Waals surface area contributed by atoms with Crippen molar-refractivity contribution in [2.75, 3.05) is 36.0 Å². The summed E-state index contributed by atoms with van der Waals surface area (Å²) in [5, 5.41) is 9.04. The van der Waals surface area contributed by atoms with E-state index in [1.807, 2.05) is 4.90 Å². The SMILES string of the molecule is O=C1CCN(c2ccc(N3CC(CO)OC3=O)cc2)C[C@H]1F. The fourth-order valence-corrected chi connectivity index (χ4v) is 2.69. The van der Waals surface area contributed by atoms with Crippen molar-refractivity contribution in [2.45, 2.75) is 18.7 Å². The summed E-state index contributed by atoms with van der Waals surface area (Å²) in [5.74, 6) is -0.345. The molecule has 22 heavy (non-hydrogen) atoms. The number of piperidine rings is 1. The number of halogens is 1. The third kappa shape index (κ3) is 2.76. The minimum absolute atomic E-state index is 0.0660. The molecule has 6 nitrogen and oxygen atoms in total. The van der Waals surface area contributed by atoms with Crippen LogP contribution in [-0.4, -0.2) is 55.5 Å². The average Bonchev–Trinajstić information content (AvgIpc) is 2.91. The highest BCUT2D eigenvalue weighted by Gasteiger charge is 2.32. The lowest BCUT2D eigenvalue weighted by Crippen LogP contribution is -2.42. The highest BCUT2D eigenvalue weighted by atomic mass is 19.1. The summed E-state index contributed by atoms with van der Waals surface area (Å²) < 4.78 is 18.5. The fourth-order valence-electron chi connectivity index (χ4n) is 2.69. The van der Waals surface area contributed by atoms with Crippen LogP contribution < -0.4 is 9.80 Å². The van der Waals surface area contributed by atoms with Crippen LogP contribution in [0.15, 0.2) is 24.3 Å². The molecule has 0 bridgehead atoms. The van der Waals surface area contributed by atoms with Gasteiger partial charge in [-0.15, -0.1) is 0 Å². The lowest BCUT2D eigenvalue weighted by molar-refractivity contribution is -0.124. The molecule has 0 radical (unpaired) electrons. The first-order valence-electron chi connectivity index (χ1n) is 7.19. The molecular weight excluding hydrogens is 291 g/mol. The molecule has 2 aliphatic rings. The molecular formula is C15H17FN2O4. The largest absolute Gasteiger partial charge is 0.441 e. The van der Waals surface area contributed by atoms with Gasteiger partial charge in [0.1, 0.15) is 6.10 Å². The number of amides is 1. The first-order chi connectivity index (χ1) is 10.6. The van der Waals surface area contributed by atoms with Crippen LogP contribution in [0.3, 0.4) is 0 Å². The number of ketones is 1. The summed E-state index contributed by atoms with van der Waals surface area (Å²) in [5.41, 5.74) is 1.47. The molecule has 1 aromatic carbocycles. The van der Waals surface area contributed by atoms with Crippen LogP contribution in [0.5, 0.6) is 0 Å². The highest BCUT2D eigenvalue weighted by Crippen LogP contribution is 2.26. The third-order valence-electron chi connectivity index (χ3n) is 3.96. The number of hydrogen-bond acceptors (Lipinski definition) is 5. The molecule has 118 valence electrons. The molecule has 2 heterocycles. The van der Waals surface area contributed by atoms with Crippen LogP contribution in [0.1, 0.15) is 6.42 Å². The quantitative estimate of drug-likeness (QED) is 0.906. The van der Waals surface area contributed by atoms with Crippen molar-refractivity contribution in [3.05, 3.63) is 24.3 Å². The summed E-state index contributed by atoms with van der Waals surface area (Å²) in [4.78, 5) is 26.2. The first kappa shape index (κ1) is 14.8. The van der Waals surface area contributed by atoms with E-state index in [-0.39, 0.29) is 25.4 Å². The molecule has 2 fully saturated rings. The minimum atomic E-state index is -1.44. The van der Waals surface area contributed by atoms with Gasteiger partial charge in [0.2, 0.25) is 0 Å². The number of rotatable bonds is 3. The Kier molecular flexibility index (Phi) is 3.98. The maximum atomic E-state index is 13.5. The molecule has 0 aliphatic carbocycles. The lowest BCUT2D eigenvalue weighted by atomic mass is 10.1. The smallest absolute Gasteiger partial charge is 0.414 e. The van der Waals surface area contributed by atoms with E-state index in [2.05, 4.69) is 0 Å². The summed E-state index contributed by atoms with van der Waals surface area (Å²) in [6.45, 7) is 0.660. The van der Waals surface area contributed by atoms with Gasteiger partial charge in [0.05, 0.1) is 19.7 Å². The van der Waals surface area contributed by atoms with Crippen molar-refractivity contribution in [1.29, 1.82) is 0 Å². The fraction of sp³-hybridized carbons (Fsp3) is 0.467. The van der Waals surface area contributed by atoms with Crippen LogP contribution in [0, 0.1) is 0 Å². The van der Waals surface area contributed by atoms with Crippen molar-refractivity contribution in [3.8, 4) is 0 Å². The van der Waals surface area contributed by atoms with Crippen molar-refractivity contribution in [2.24, 2.45) is 0 Å². The molecule has 7 heteroatoms. The van der Waals surface area contributed by atoms with Crippen molar-refractivity contribution < 1.29 is 23.8 Å². The number of anilines is 2. The van der Waals surface area contributed by atoms with Crippen LogP contribution >= 0.6 is 0 Å². The second-order valence-electron chi connectivity index (χ2n) is 5.45. The molecule has 2 atom stereocenters. The van der Waals surface area contributed by atoms with Gasteiger partial charge in [-0.25, -0.2) is 9.18 Å². The van der Waals surface area contributed by atoms with E-state index in [9.17, 15) is 14.0 Å². The van der Waals surface area contributed by atoms with Gasteiger partial charge in [0, 0.05) is 24.3 Å². The molecule has 2 aliphatic heterocycles. The van der Waals surface area contributed by atoms with Crippen LogP contribution in [0.25, 0.3) is 0 Å². The molecule has 3 rings (SSSR count). The van der Waals surface area contributed by atoms with E-state index in [4.69, 9.17) is 9.84 Å². The predicted octanol–water partition coefficient (Wildman–Crippen LogP) is 1.12. The van der Waals surface area contributed by atoms with Crippen LogP contribution in [-0.2, 0) is 9.53 Å². The molecule has 1 amide bonds. The second-order valence-corrected chi connectivity index (χ2v) is 5.45. The van der Waals surface area contributed by atoms with Gasteiger partial charge in [0.15, 0.2) is 12.0 Å². The first-order valence-corrected chi connectivity index (χ1v) is 7.19. The summed E-state index contributed by atoms with van der Waals surface area (Å²) in [6.07, 6.45) is -2.22. The summed E-state index contributed by atoms with van der Waals surface area (Å²) in [7, 11) is 0. The third-order valence-corrected chi connectivity index (χ3v) is 3.96. The number of alkyl halides is 1. The predicted molar refractivity (Wildman–Crippen MR) is 77.9 cm³/mol. The highest BCUT2D eigenvalue weighted by molar-refractivity contribution is 5.90. The number of carbonyl (C=O) groups excluding carboxylic acids is 2. The minimum Gasteiger partial charge on any atom is -0.441 e. The summed E-state index contributed by atoms with van der Waals surface area (Å²) >= 11 is 0. The van der Waals surface area contributed by atoms with Crippen LogP contribution in [0.4, 0.5) is 20.6 Å². The number of aliphatic hydroxyl groups excluding tert-OH is 1. The molecule has 0 saturated carbocycles. The number of aliphatic hydroxyl groups is 1. The Labute approximate surface area is 127 Å². The number of carbonyl (C=O) groups is 2. The Bertz CT molecular complexity index is 577. The van der Waals surface area contributed by atoms with Crippen molar-refractivity contribution in [3.63, 3.8) is 0 Å². The van der Waals surface area contributed by atoms with Gasteiger partial charge < -0.3 is 14.7 Å². The molecule has 1 unspecified atom stereocenters. The summed E-state index contributed by atoms with van der Waals surface area (Å²) in [6, 6.07) is 7.08. The number of cyclic esters (lactones) is 1. The van der Waals surface area contributed by atoms with E-state index in [1.54, 1.807) is 24.3 Å². The van der Waals surface area contributed by atoms with Gasteiger partial charge in [-0.1, -0.05) is 0 Å². The Hall–Kier alpha value is -2.15. The van der Waals surface area contributed by atoms with E-state index in [0.717, 1.165) is 5.69 Å². The van der Waals surface area contributed by atoms with E-state index >= 15 is 0 Å². The Morgan fingerprint density at radius 3 is 2.45 bits per heavy atom. The Balaban J connectivity index is 1.71. The number of benzene rings is 1. The molecule has 0 aromatic heterocycles. The van der Waals surface area contributed by atoms with E-state index in [1.165, 1.54) is 4.90 Å². The van der Waals surface area contributed by atoms with Gasteiger partial charge >= 0.3 is 6.09 Å². The zero-order chi connectivity index (χ0) is 15.7. The van der Waals surface area contributed by atoms with Gasteiger partial charge in [0.25, 0.3) is 0 Å². The Morgan fingerprint density at radius 1 is 1.18 bits per heavy atom. The maximum absolute atomic E-state index is 13.5. The normalized spacial score (nSPS) is 25.5. The van der Waals surface area contributed by atoms with Gasteiger partial charge in [-0.05, 0) is 24.3 Å². The zero-order valence-electron chi connectivity index (χ0n) is 11.9. The number of Topliss-reactive ketones (excluding diaryl/α,β-unsaturated/α-hetero) is 1. The topological polar surface area (TPSA) is 70.1 Å².